The number of benzene rings is 1. The van der Waals surface area contributed by atoms with Gasteiger partial charge in [0.2, 0.25) is 10.0 Å². The molecule has 0 aliphatic heterocycles. The van der Waals surface area contributed by atoms with Gasteiger partial charge in [0.1, 0.15) is 5.82 Å². The smallest absolute Gasteiger partial charge is 0.319 e. The molecule has 3 rings (SSSR count). The van der Waals surface area contributed by atoms with E-state index in [0.717, 1.165) is 18.4 Å². The summed E-state index contributed by atoms with van der Waals surface area (Å²) in [6.45, 7) is 0.636. The van der Waals surface area contributed by atoms with E-state index >= 15 is 0 Å². The van der Waals surface area contributed by atoms with Crippen molar-refractivity contribution in [3.8, 4) is 0 Å². The monoisotopic (exact) mass is 375 g/mol. The maximum Gasteiger partial charge on any atom is 0.319 e. The van der Waals surface area contributed by atoms with Crippen LogP contribution in [0.3, 0.4) is 0 Å². The normalized spacial score (nSPS) is 13.9. The Balaban J connectivity index is 1.45. The first-order chi connectivity index (χ1) is 12.4. The van der Waals surface area contributed by atoms with Crippen molar-refractivity contribution >= 4 is 27.6 Å². The third-order valence-electron chi connectivity index (χ3n) is 3.91. The van der Waals surface area contributed by atoms with Crippen molar-refractivity contribution in [1.82, 2.24) is 10.3 Å². The van der Waals surface area contributed by atoms with Gasteiger partial charge in [-0.05, 0) is 49.1 Å². The minimum absolute atomic E-state index is 0.102. The molecule has 0 radical (unpaired) electrons. The zero-order valence-corrected chi connectivity index (χ0v) is 14.9. The van der Waals surface area contributed by atoms with Crippen molar-refractivity contribution in [3.05, 3.63) is 48.2 Å². The van der Waals surface area contributed by atoms with E-state index < -0.39 is 10.0 Å². The second kappa shape index (κ2) is 7.71. The summed E-state index contributed by atoms with van der Waals surface area (Å²) in [5, 5.41) is 13.8. The van der Waals surface area contributed by atoms with E-state index in [-0.39, 0.29) is 10.9 Å². The number of aromatic nitrogens is 1. The molecule has 0 unspecified atom stereocenters. The number of primary sulfonamides is 1. The minimum Gasteiger partial charge on any atom is -0.370 e. The van der Waals surface area contributed by atoms with E-state index in [4.69, 9.17) is 5.14 Å². The van der Waals surface area contributed by atoms with Crippen molar-refractivity contribution in [3.63, 3.8) is 0 Å². The molecule has 9 heteroatoms. The van der Waals surface area contributed by atoms with Crippen molar-refractivity contribution in [2.24, 2.45) is 5.14 Å². The van der Waals surface area contributed by atoms with Crippen LogP contribution in [0, 0.1) is 0 Å². The average molecular weight is 375 g/mol. The molecule has 2 aromatic rings. The SMILES string of the molecule is NS(=O)(=O)c1ccc(CCNc2ccc(NC(=O)NC3CC3)cn2)cc1. The van der Waals surface area contributed by atoms with Gasteiger partial charge in [0.15, 0.2) is 0 Å². The van der Waals surface area contributed by atoms with Gasteiger partial charge >= 0.3 is 6.03 Å². The molecule has 1 aliphatic rings. The highest BCUT2D eigenvalue weighted by Gasteiger charge is 2.23. The fourth-order valence-electron chi connectivity index (χ4n) is 2.33. The van der Waals surface area contributed by atoms with Gasteiger partial charge in [-0.25, -0.2) is 23.3 Å². The predicted octanol–water partition coefficient (Wildman–Crippen LogP) is 1.67. The molecule has 0 saturated heterocycles. The van der Waals surface area contributed by atoms with Crippen molar-refractivity contribution in [2.45, 2.75) is 30.2 Å². The van der Waals surface area contributed by atoms with Crippen LogP contribution >= 0.6 is 0 Å². The molecule has 5 N–H and O–H groups in total. The first kappa shape index (κ1) is 18.2. The molecule has 1 aliphatic carbocycles. The number of hydrogen-bond donors (Lipinski definition) is 4. The molecule has 1 saturated carbocycles. The number of carbonyl (C=O) groups excluding carboxylic acids is 1. The Morgan fingerprint density at radius 1 is 1.15 bits per heavy atom. The van der Waals surface area contributed by atoms with Crippen LogP contribution < -0.4 is 21.1 Å². The molecule has 138 valence electrons. The summed E-state index contributed by atoms with van der Waals surface area (Å²) >= 11 is 0. The summed E-state index contributed by atoms with van der Waals surface area (Å²) in [6, 6.07) is 10.1. The number of anilines is 2. The fraction of sp³-hybridized carbons (Fsp3) is 0.294. The number of hydrogen-bond acceptors (Lipinski definition) is 5. The summed E-state index contributed by atoms with van der Waals surface area (Å²) in [4.78, 5) is 16.0. The second-order valence-corrected chi connectivity index (χ2v) is 7.73. The number of sulfonamides is 1. The first-order valence-electron chi connectivity index (χ1n) is 8.29. The van der Waals surface area contributed by atoms with Crippen LogP contribution in [-0.2, 0) is 16.4 Å². The van der Waals surface area contributed by atoms with Crippen LogP contribution in [0.25, 0.3) is 0 Å². The maximum absolute atomic E-state index is 11.7. The predicted molar refractivity (Wildman–Crippen MR) is 99.4 cm³/mol. The van der Waals surface area contributed by atoms with E-state index in [1.165, 1.54) is 12.1 Å². The van der Waals surface area contributed by atoms with Crippen molar-refractivity contribution in [1.29, 1.82) is 0 Å². The van der Waals surface area contributed by atoms with Crippen LogP contribution in [0.2, 0.25) is 0 Å². The molecule has 1 heterocycles. The van der Waals surface area contributed by atoms with Gasteiger partial charge < -0.3 is 16.0 Å². The highest BCUT2D eigenvalue weighted by molar-refractivity contribution is 7.89. The topological polar surface area (TPSA) is 126 Å². The summed E-state index contributed by atoms with van der Waals surface area (Å²) < 4.78 is 22.4. The lowest BCUT2D eigenvalue weighted by atomic mass is 10.1. The van der Waals surface area contributed by atoms with Gasteiger partial charge in [-0.15, -0.1) is 0 Å². The zero-order chi connectivity index (χ0) is 18.6. The molecule has 1 fully saturated rings. The number of urea groups is 1. The standard InChI is InChI=1S/C17H21N5O3S/c18-26(24,25)15-6-1-12(2-7-15)9-10-19-16-8-5-14(11-20-16)22-17(23)21-13-3-4-13/h1-2,5-8,11,13H,3-4,9-10H2,(H,19,20)(H2,18,24,25)(H2,21,22,23). The Morgan fingerprint density at radius 2 is 1.88 bits per heavy atom. The summed E-state index contributed by atoms with van der Waals surface area (Å²) in [6.07, 6.45) is 4.38. The Hall–Kier alpha value is -2.65. The number of nitrogens with one attached hydrogen (secondary N) is 3. The van der Waals surface area contributed by atoms with Gasteiger partial charge in [0.05, 0.1) is 16.8 Å². The second-order valence-electron chi connectivity index (χ2n) is 6.17. The van der Waals surface area contributed by atoms with Gasteiger partial charge in [0, 0.05) is 12.6 Å². The van der Waals surface area contributed by atoms with Gasteiger partial charge in [-0.3, -0.25) is 0 Å². The first-order valence-corrected chi connectivity index (χ1v) is 9.84. The molecule has 0 spiro atoms. The third-order valence-corrected chi connectivity index (χ3v) is 4.83. The van der Waals surface area contributed by atoms with Gasteiger partial charge in [-0.1, -0.05) is 12.1 Å². The molecule has 0 bridgehead atoms. The van der Waals surface area contributed by atoms with Gasteiger partial charge in [-0.2, -0.15) is 0 Å². The Labute approximate surface area is 152 Å². The number of nitrogens with two attached hydrogens (primary N) is 1. The largest absolute Gasteiger partial charge is 0.370 e. The van der Waals surface area contributed by atoms with E-state index in [0.29, 0.717) is 30.5 Å². The molecular formula is C17H21N5O3S. The van der Waals surface area contributed by atoms with Crippen LogP contribution in [-0.4, -0.2) is 32.0 Å². The van der Waals surface area contributed by atoms with Crippen molar-refractivity contribution in [2.75, 3.05) is 17.2 Å². The quantitative estimate of drug-likeness (QED) is 0.585. The number of carbonyl (C=O) groups is 1. The zero-order valence-electron chi connectivity index (χ0n) is 14.1. The summed E-state index contributed by atoms with van der Waals surface area (Å²) in [5.74, 6) is 0.694. The summed E-state index contributed by atoms with van der Waals surface area (Å²) in [5.41, 5.74) is 1.62. The average Bonchev–Trinajstić information content (AvgIpc) is 3.40. The van der Waals surface area contributed by atoms with E-state index in [9.17, 15) is 13.2 Å². The fourth-order valence-corrected chi connectivity index (χ4v) is 2.85. The van der Waals surface area contributed by atoms with Crippen LogP contribution in [0.5, 0.6) is 0 Å². The number of rotatable bonds is 7. The Kier molecular flexibility index (Phi) is 5.38. The third kappa shape index (κ3) is 5.43. The molecular weight excluding hydrogens is 354 g/mol. The number of amides is 2. The molecule has 1 aromatic carbocycles. The molecule has 2 amide bonds. The minimum atomic E-state index is -3.66. The van der Waals surface area contributed by atoms with E-state index in [1.54, 1.807) is 30.5 Å². The van der Waals surface area contributed by atoms with Gasteiger partial charge in [0.25, 0.3) is 0 Å². The number of pyridine rings is 1. The lowest BCUT2D eigenvalue weighted by Crippen LogP contribution is -2.30. The van der Waals surface area contributed by atoms with Crippen LogP contribution in [0.1, 0.15) is 18.4 Å². The lowest BCUT2D eigenvalue weighted by Gasteiger charge is -2.09. The Morgan fingerprint density at radius 3 is 2.46 bits per heavy atom. The summed E-state index contributed by atoms with van der Waals surface area (Å²) in [7, 11) is -3.66. The molecule has 8 nitrogen and oxygen atoms in total. The molecule has 26 heavy (non-hydrogen) atoms. The van der Waals surface area contributed by atoms with Crippen LogP contribution in [0.4, 0.5) is 16.3 Å². The number of nitrogens with zero attached hydrogens (tertiary/aromatic N) is 1. The molecule has 1 aromatic heterocycles. The van der Waals surface area contributed by atoms with E-state index in [1.807, 2.05) is 0 Å². The van der Waals surface area contributed by atoms with Crippen molar-refractivity contribution < 1.29 is 13.2 Å². The van der Waals surface area contributed by atoms with Crippen LogP contribution in [0.15, 0.2) is 47.5 Å². The maximum atomic E-state index is 11.7. The molecule has 0 atom stereocenters. The Bertz CT molecular complexity index is 862. The lowest BCUT2D eigenvalue weighted by molar-refractivity contribution is 0.251. The highest BCUT2D eigenvalue weighted by Crippen LogP contribution is 2.19. The van der Waals surface area contributed by atoms with E-state index in [2.05, 4.69) is 20.9 Å². The highest BCUT2D eigenvalue weighted by atomic mass is 32.2.